The van der Waals surface area contributed by atoms with Crippen LogP contribution in [0.1, 0.15) is 58.2 Å². The van der Waals surface area contributed by atoms with Crippen LogP contribution in [0.25, 0.3) is 0 Å². The molecule has 0 spiro atoms. The Bertz CT molecular complexity index is 462. The third-order valence-electron chi connectivity index (χ3n) is 2.90. The minimum absolute atomic E-state index is 0.0285. The van der Waals surface area contributed by atoms with Gasteiger partial charge in [0.25, 0.3) is 0 Å². The number of hydrogen-bond donors (Lipinski definition) is 0. The molecule has 0 heterocycles. The monoisotopic (exact) mass is 232 g/mol. The average Bonchev–Trinajstić information content (AvgIpc) is 2.14. The topological polar surface area (TPSA) is 0 Å². The number of benzene rings is 1. The third-order valence-corrected chi connectivity index (χ3v) is 2.90. The molecule has 17 heavy (non-hydrogen) atoms. The summed E-state index contributed by atoms with van der Waals surface area (Å²) in [6.07, 6.45) is 5.38. The van der Waals surface area contributed by atoms with Gasteiger partial charge in [0.2, 0.25) is 0 Å². The van der Waals surface area contributed by atoms with Crippen molar-refractivity contribution in [1.82, 2.24) is 0 Å². The molecule has 0 aromatic heterocycles. The SMILES string of the molecule is C#Cc1cc(C(C)(C)C)cc(C(C)(C)C)c1F. The first-order chi connectivity index (χ1) is 7.57. The van der Waals surface area contributed by atoms with Gasteiger partial charge < -0.3 is 0 Å². The van der Waals surface area contributed by atoms with Crippen molar-refractivity contribution in [2.45, 2.75) is 52.4 Å². The zero-order valence-corrected chi connectivity index (χ0v) is 11.6. The minimum Gasteiger partial charge on any atom is -0.205 e. The van der Waals surface area contributed by atoms with Crippen molar-refractivity contribution in [3.05, 3.63) is 34.6 Å². The Morgan fingerprint density at radius 3 is 1.88 bits per heavy atom. The summed E-state index contributed by atoms with van der Waals surface area (Å²) in [7, 11) is 0. The summed E-state index contributed by atoms with van der Waals surface area (Å²) < 4.78 is 14.2. The molecule has 0 N–H and O–H groups in total. The molecule has 1 rings (SSSR count). The van der Waals surface area contributed by atoms with Crippen molar-refractivity contribution in [3.8, 4) is 12.3 Å². The molecular weight excluding hydrogens is 211 g/mol. The van der Waals surface area contributed by atoms with Crippen molar-refractivity contribution in [1.29, 1.82) is 0 Å². The van der Waals surface area contributed by atoms with Crippen LogP contribution >= 0.6 is 0 Å². The van der Waals surface area contributed by atoms with E-state index in [4.69, 9.17) is 6.42 Å². The van der Waals surface area contributed by atoms with Crippen LogP contribution in [0.5, 0.6) is 0 Å². The maximum Gasteiger partial charge on any atom is 0.142 e. The molecule has 0 atom stereocenters. The lowest BCUT2D eigenvalue weighted by molar-refractivity contribution is 0.513. The minimum atomic E-state index is -0.256. The Morgan fingerprint density at radius 1 is 1.00 bits per heavy atom. The van der Waals surface area contributed by atoms with E-state index in [1.165, 1.54) is 0 Å². The van der Waals surface area contributed by atoms with E-state index in [-0.39, 0.29) is 16.6 Å². The van der Waals surface area contributed by atoms with E-state index < -0.39 is 0 Å². The van der Waals surface area contributed by atoms with Crippen LogP contribution in [0.3, 0.4) is 0 Å². The molecule has 0 aliphatic carbocycles. The molecule has 1 heteroatoms. The van der Waals surface area contributed by atoms with Gasteiger partial charge in [-0.2, -0.15) is 0 Å². The molecule has 0 saturated carbocycles. The van der Waals surface area contributed by atoms with Gasteiger partial charge in [0.1, 0.15) is 5.82 Å². The highest BCUT2D eigenvalue weighted by molar-refractivity contribution is 5.45. The molecule has 0 aliphatic rings. The van der Waals surface area contributed by atoms with E-state index in [0.29, 0.717) is 11.1 Å². The molecule has 0 radical (unpaired) electrons. The maximum absolute atomic E-state index is 14.2. The lowest BCUT2D eigenvalue weighted by atomic mass is 9.79. The lowest BCUT2D eigenvalue weighted by Crippen LogP contribution is -2.19. The largest absolute Gasteiger partial charge is 0.205 e. The molecule has 0 amide bonds. The zero-order chi connectivity index (χ0) is 13.4. The molecule has 0 nitrogen and oxygen atoms in total. The van der Waals surface area contributed by atoms with Gasteiger partial charge >= 0.3 is 0 Å². The summed E-state index contributed by atoms with van der Waals surface area (Å²) in [5.41, 5.74) is 1.87. The number of rotatable bonds is 0. The summed E-state index contributed by atoms with van der Waals surface area (Å²) in [6, 6.07) is 3.72. The van der Waals surface area contributed by atoms with Crippen molar-refractivity contribution in [2.24, 2.45) is 0 Å². The first-order valence-corrected chi connectivity index (χ1v) is 5.88. The lowest BCUT2D eigenvalue weighted by Gasteiger charge is -2.26. The van der Waals surface area contributed by atoms with E-state index >= 15 is 0 Å². The fourth-order valence-corrected chi connectivity index (χ4v) is 1.71. The molecule has 0 saturated heterocycles. The Labute approximate surface area is 104 Å². The van der Waals surface area contributed by atoms with Crippen molar-refractivity contribution in [3.63, 3.8) is 0 Å². The van der Waals surface area contributed by atoms with Crippen LogP contribution in [-0.2, 0) is 10.8 Å². The second kappa shape index (κ2) is 4.18. The highest BCUT2D eigenvalue weighted by atomic mass is 19.1. The standard InChI is InChI=1S/C16H21F/c1-8-11-9-12(15(2,3)4)10-13(14(11)17)16(5,6)7/h1,9-10H,2-7H3. The summed E-state index contributed by atoms with van der Waals surface area (Å²) in [5.74, 6) is 2.19. The van der Waals surface area contributed by atoms with Crippen LogP contribution in [-0.4, -0.2) is 0 Å². The van der Waals surface area contributed by atoms with Crippen LogP contribution < -0.4 is 0 Å². The Hall–Kier alpha value is -1.29. The van der Waals surface area contributed by atoms with Gasteiger partial charge in [0.15, 0.2) is 0 Å². The smallest absolute Gasteiger partial charge is 0.142 e. The van der Waals surface area contributed by atoms with Gasteiger partial charge in [-0.05, 0) is 28.0 Å². The van der Waals surface area contributed by atoms with Crippen LogP contribution in [0.2, 0.25) is 0 Å². The number of terminal acetylenes is 1. The van der Waals surface area contributed by atoms with Crippen molar-refractivity contribution in [2.75, 3.05) is 0 Å². The van der Waals surface area contributed by atoms with E-state index in [1.54, 1.807) is 6.07 Å². The first-order valence-electron chi connectivity index (χ1n) is 5.88. The van der Waals surface area contributed by atoms with Gasteiger partial charge in [-0.1, -0.05) is 53.5 Å². The molecule has 92 valence electrons. The third kappa shape index (κ3) is 2.88. The predicted octanol–water partition coefficient (Wildman–Crippen LogP) is 4.40. The van der Waals surface area contributed by atoms with E-state index in [9.17, 15) is 4.39 Å². The van der Waals surface area contributed by atoms with Crippen molar-refractivity contribution < 1.29 is 4.39 Å². The quantitative estimate of drug-likeness (QED) is 0.581. The molecule has 0 bridgehead atoms. The maximum atomic E-state index is 14.2. The van der Waals surface area contributed by atoms with Crippen LogP contribution in [0, 0.1) is 18.2 Å². The van der Waals surface area contributed by atoms with Gasteiger partial charge in [0, 0.05) is 0 Å². The highest BCUT2D eigenvalue weighted by Gasteiger charge is 2.24. The second-order valence-electron chi connectivity index (χ2n) is 6.53. The number of halogens is 1. The van der Waals surface area contributed by atoms with Gasteiger partial charge in [-0.25, -0.2) is 4.39 Å². The normalized spacial score (nSPS) is 12.4. The zero-order valence-electron chi connectivity index (χ0n) is 11.6. The second-order valence-corrected chi connectivity index (χ2v) is 6.53. The Balaban J connectivity index is 3.58. The summed E-state index contributed by atoms with van der Waals surface area (Å²) in [5, 5.41) is 0. The fourth-order valence-electron chi connectivity index (χ4n) is 1.71. The van der Waals surface area contributed by atoms with E-state index in [0.717, 1.165) is 5.56 Å². The first kappa shape index (κ1) is 13.8. The summed E-state index contributed by atoms with van der Waals surface area (Å²) >= 11 is 0. The van der Waals surface area contributed by atoms with Crippen molar-refractivity contribution >= 4 is 0 Å². The van der Waals surface area contributed by atoms with E-state index in [2.05, 4.69) is 26.7 Å². The molecule has 0 fully saturated rings. The van der Waals surface area contributed by atoms with Gasteiger partial charge in [0.05, 0.1) is 5.56 Å². The van der Waals surface area contributed by atoms with Crippen LogP contribution in [0.4, 0.5) is 4.39 Å². The highest BCUT2D eigenvalue weighted by Crippen LogP contribution is 2.32. The average molecular weight is 232 g/mol. The van der Waals surface area contributed by atoms with Crippen LogP contribution in [0.15, 0.2) is 12.1 Å². The van der Waals surface area contributed by atoms with Gasteiger partial charge in [-0.15, -0.1) is 6.42 Å². The molecule has 0 unspecified atom stereocenters. The summed E-state index contributed by atoms with van der Waals surface area (Å²) in [4.78, 5) is 0. The molecular formula is C16H21F. The Kier molecular flexibility index (Phi) is 3.39. The Morgan fingerprint density at radius 2 is 1.53 bits per heavy atom. The summed E-state index contributed by atoms with van der Waals surface area (Å²) in [6.45, 7) is 12.3. The molecule has 1 aromatic rings. The van der Waals surface area contributed by atoms with Gasteiger partial charge in [-0.3, -0.25) is 0 Å². The molecule has 0 aliphatic heterocycles. The van der Waals surface area contributed by atoms with E-state index in [1.807, 2.05) is 26.8 Å². The molecule has 1 aromatic carbocycles. The fraction of sp³-hybridized carbons (Fsp3) is 0.500. The number of hydrogen-bond acceptors (Lipinski definition) is 0. The predicted molar refractivity (Wildman–Crippen MR) is 71.7 cm³/mol.